The molecule has 0 radical (unpaired) electrons. The number of rotatable bonds is 4. The second kappa shape index (κ2) is 8.84. The number of hydrogen-bond acceptors (Lipinski definition) is 5. The summed E-state index contributed by atoms with van der Waals surface area (Å²) in [7, 11) is 1.57. The van der Waals surface area contributed by atoms with E-state index in [2.05, 4.69) is 10.3 Å². The van der Waals surface area contributed by atoms with Gasteiger partial charge < -0.3 is 9.64 Å². The van der Waals surface area contributed by atoms with Crippen molar-refractivity contribution in [2.45, 2.75) is 50.1 Å². The number of amidine groups is 1. The van der Waals surface area contributed by atoms with E-state index in [-0.39, 0.29) is 18.0 Å². The minimum absolute atomic E-state index is 0.105. The van der Waals surface area contributed by atoms with E-state index in [1.165, 1.54) is 6.42 Å². The number of nitrogens with zero attached hydrogens (tertiary/aromatic N) is 4. The van der Waals surface area contributed by atoms with Crippen molar-refractivity contribution < 1.29 is 14.3 Å². The molecule has 1 atom stereocenters. The molecule has 1 unspecified atom stereocenters. The highest BCUT2D eigenvalue weighted by molar-refractivity contribution is 6.19. The third-order valence-corrected chi connectivity index (χ3v) is 6.96. The predicted molar refractivity (Wildman–Crippen MR) is 126 cm³/mol. The van der Waals surface area contributed by atoms with Gasteiger partial charge in [0.15, 0.2) is 0 Å². The van der Waals surface area contributed by atoms with Gasteiger partial charge in [0.1, 0.15) is 17.1 Å². The first-order valence-electron chi connectivity index (χ1n) is 11.6. The zero-order valence-electron chi connectivity index (χ0n) is 18.9. The predicted octanol–water partition coefficient (Wildman–Crippen LogP) is 3.64. The van der Waals surface area contributed by atoms with E-state index in [0.29, 0.717) is 42.3 Å². The molecule has 2 aliphatic heterocycles. The molecule has 8 nitrogen and oxygen atoms in total. The summed E-state index contributed by atoms with van der Waals surface area (Å²) in [5, 5.41) is 3.05. The highest BCUT2D eigenvalue weighted by atomic mass is 16.5. The van der Waals surface area contributed by atoms with Crippen molar-refractivity contribution in [3.05, 3.63) is 54.4 Å². The van der Waals surface area contributed by atoms with Crippen LogP contribution in [0.25, 0.3) is 0 Å². The molecule has 1 saturated carbocycles. The maximum absolute atomic E-state index is 13.5. The van der Waals surface area contributed by atoms with Crippen molar-refractivity contribution in [1.29, 1.82) is 0 Å². The van der Waals surface area contributed by atoms with Crippen LogP contribution in [0.4, 0.5) is 10.5 Å². The number of pyridine rings is 1. The van der Waals surface area contributed by atoms with Crippen LogP contribution in [0.1, 0.15) is 48.9 Å². The van der Waals surface area contributed by atoms with Gasteiger partial charge in [-0.2, -0.15) is 0 Å². The van der Waals surface area contributed by atoms with Gasteiger partial charge in [-0.3, -0.25) is 25.0 Å². The van der Waals surface area contributed by atoms with E-state index >= 15 is 0 Å². The number of benzene rings is 1. The molecule has 3 fully saturated rings. The summed E-state index contributed by atoms with van der Waals surface area (Å²) in [6.07, 6.45) is 9.61. The number of anilines is 1. The largest absolute Gasteiger partial charge is 0.496 e. The first kappa shape index (κ1) is 21.4. The Hall–Kier alpha value is -3.42. The molecule has 5 rings (SSSR count). The van der Waals surface area contributed by atoms with Gasteiger partial charge in [-0.05, 0) is 43.5 Å². The molecule has 2 aromatic rings. The molecule has 1 aromatic heterocycles. The van der Waals surface area contributed by atoms with E-state index in [1.54, 1.807) is 41.4 Å². The molecular formula is C25H29N5O3. The summed E-state index contributed by atoms with van der Waals surface area (Å²) in [6.45, 7) is 0.884. The fourth-order valence-corrected chi connectivity index (χ4v) is 5.30. The van der Waals surface area contributed by atoms with E-state index in [4.69, 9.17) is 9.73 Å². The SMILES string of the molecule is COc1ccccc1C(=O)N1CCC2(C1)C(=NC1CCCCC1)NC(=O)N2c1cccnc1. The van der Waals surface area contributed by atoms with Gasteiger partial charge in [-0.1, -0.05) is 31.4 Å². The summed E-state index contributed by atoms with van der Waals surface area (Å²) in [5.74, 6) is 1.12. The molecule has 1 aromatic carbocycles. The van der Waals surface area contributed by atoms with E-state index in [0.717, 1.165) is 25.7 Å². The quantitative estimate of drug-likeness (QED) is 0.775. The maximum atomic E-state index is 13.5. The lowest BCUT2D eigenvalue weighted by atomic mass is 9.93. The minimum atomic E-state index is -0.727. The van der Waals surface area contributed by atoms with Crippen LogP contribution in [-0.2, 0) is 0 Å². The van der Waals surface area contributed by atoms with Gasteiger partial charge in [-0.25, -0.2) is 4.79 Å². The topological polar surface area (TPSA) is 87.1 Å². The van der Waals surface area contributed by atoms with Crippen molar-refractivity contribution in [3.8, 4) is 5.75 Å². The monoisotopic (exact) mass is 447 g/mol. The molecule has 3 aliphatic rings. The van der Waals surface area contributed by atoms with Crippen LogP contribution in [0.15, 0.2) is 53.8 Å². The summed E-state index contributed by atoms with van der Waals surface area (Å²) < 4.78 is 5.42. The van der Waals surface area contributed by atoms with Gasteiger partial charge in [-0.15, -0.1) is 0 Å². The third-order valence-electron chi connectivity index (χ3n) is 6.96. The fraction of sp³-hybridized carbons (Fsp3) is 0.440. The smallest absolute Gasteiger partial charge is 0.328 e. The number of carbonyl (C=O) groups is 2. The van der Waals surface area contributed by atoms with Gasteiger partial charge >= 0.3 is 6.03 Å². The lowest BCUT2D eigenvalue weighted by Crippen LogP contribution is -2.53. The van der Waals surface area contributed by atoms with Crippen molar-refractivity contribution in [3.63, 3.8) is 0 Å². The number of hydrogen-bond donors (Lipinski definition) is 1. The Bertz CT molecular complexity index is 1070. The molecule has 1 aliphatic carbocycles. The van der Waals surface area contributed by atoms with E-state index < -0.39 is 5.54 Å². The first-order valence-corrected chi connectivity index (χ1v) is 11.6. The summed E-state index contributed by atoms with van der Waals surface area (Å²) in [5.41, 5.74) is 0.498. The number of aromatic nitrogens is 1. The summed E-state index contributed by atoms with van der Waals surface area (Å²) in [6, 6.07) is 10.9. The zero-order chi connectivity index (χ0) is 22.8. The molecule has 3 heterocycles. The molecule has 1 N–H and O–H groups in total. The summed E-state index contributed by atoms with van der Waals surface area (Å²) >= 11 is 0. The molecule has 172 valence electrons. The number of aliphatic imine (C=N–C) groups is 1. The van der Waals surface area contributed by atoms with Crippen molar-refractivity contribution >= 4 is 23.5 Å². The second-order valence-electron chi connectivity index (χ2n) is 8.95. The molecule has 8 heteroatoms. The van der Waals surface area contributed by atoms with E-state index in [9.17, 15) is 9.59 Å². The lowest BCUT2D eigenvalue weighted by Gasteiger charge is -2.33. The molecular weight excluding hydrogens is 418 g/mol. The third kappa shape index (κ3) is 3.83. The Morgan fingerprint density at radius 1 is 1.18 bits per heavy atom. The maximum Gasteiger partial charge on any atom is 0.328 e. The van der Waals surface area contributed by atoms with Crippen LogP contribution in [0.2, 0.25) is 0 Å². The van der Waals surface area contributed by atoms with Crippen LogP contribution < -0.4 is 15.0 Å². The average Bonchev–Trinajstić information content (AvgIpc) is 3.41. The Labute approximate surface area is 193 Å². The van der Waals surface area contributed by atoms with Crippen molar-refractivity contribution in [2.24, 2.45) is 4.99 Å². The normalized spacial score (nSPS) is 24.5. The second-order valence-corrected chi connectivity index (χ2v) is 8.95. The number of para-hydroxylation sites is 1. The van der Waals surface area contributed by atoms with Crippen LogP contribution >= 0.6 is 0 Å². The minimum Gasteiger partial charge on any atom is -0.496 e. The fourth-order valence-electron chi connectivity index (χ4n) is 5.30. The lowest BCUT2D eigenvalue weighted by molar-refractivity contribution is 0.0785. The number of likely N-dealkylation sites (tertiary alicyclic amines) is 1. The highest BCUT2D eigenvalue weighted by Crippen LogP contribution is 2.38. The number of urea groups is 1. The highest BCUT2D eigenvalue weighted by Gasteiger charge is 2.56. The first-order chi connectivity index (χ1) is 16.1. The standard InChI is InChI=1S/C25H29N5O3/c1-33-21-12-6-5-11-20(21)22(31)29-15-13-25(17-29)23(27-18-8-3-2-4-9-18)28-24(32)30(25)19-10-7-14-26-16-19/h5-7,10-12,14,16,18H,2-4,8-9,13,15,17H2,1H3,(H,27,28,32). The average molecular weight is 448 g/mol. The van der Waals surface area contributed by atoms with Crippen molar-refractivity contribution in [2.75, 3.05) is 25.1 Å². The van der Waals surface area contributed by atoms with Gasteiger partial charge in [0, 0.05) is 12.7 Å². The molecule has 2 saturated heterocycles. The Morgan fingerprint density at radius 3 is 2.76 bits per heavy atom. The number of nitrogens with one attached hydrogen (secondary N) is 1. The van der Waals surface area contributed by atoms with Crippen LogP contribution in [0.5, 0.6) is 5.75 Å². The van der Waals surface area contributed by atoms with E-state index in [1.807, 2.05) is 24.3 Å². The molecule has 3 amide bonds. The Balaban J connectivity index is 1.51. The summed E-state index contributed by atoms with van der Waals surface area (Å²) in [4.78, 5) is 39.5. The van der Waals surface area contributed by atoms with Crippen LogP contribution in [0, 0.1) is 0 Å². The molecule has 0 bridgehead atoms. The number of carbonyl (C=O) groups excluding carboxylic acids is 2. The van der Waals surface area contributed by atoms with Gasteiger partial charge in [0.25, 0.3) is 5.91 Å². The molecule has 33 heavy (non-hydrogen) atoms. The number of amides is 3. The van der Waals surface area contributed by atoms with Gasteiger partial charge in [0.2, 0.25) is 0 Å². The molecule has 1 spiro atoms. The number of methoxy groups -OCH3 is 1. The van der Waals surface area contributed by atoms with Crippen LogP contribution in [-0.4, -0.2) is 59.4 Å². The van der Waals surface area contributed by atoms with Crippen molar-refractivity contribution in [1.82, 2.24) is 15.2 Å². The number of ether oxygens (including phenoxy) is 1. The zero-order valence-corrected chi connectivity index (χ0v) is 18.9. The van der Waals surface area contributed by atoms with Gasteiger partial charge in [0.05, 0.1) is 37.1 Å². The Kier molecular flexibility index (Phi) is 5.74. The van der Waals surface area contributed by atoms with Crippen LogP contribution in [0.3, 0.4) is 0 Å². The Morgan fingerprint density at radius 2 is 2.00 bits per heavy atom.